The fourth-order valence-electron chi connectivity index (χ4n) is 3.58. The molecule has 3 rings (SSSR count). The molecule has 1 fully saturated rings. The summed E-state index contributed by atoms with van der Waals surface area (Å²) in [5, 5.41) is 0. The maximum Gasteiger partial charge on any atom is 0.411 e. The molecule has 2 unspecified atom stereocenters. The Morgan fingerprint density at radius 1 is 1.20 bits per heavy atom. The summed E-state index contributed by atoms with van der Waals surface area (Å²) in [6.45, 7) is 5.50. The molecule has 136 valence electrons. The lowest BCUT2D eigenvalue weighted by atomic mass is 9.94. The fraction of sp³-hybridized carbons (Fsp3) is 0.526. The van der Waals surface area contributed by atoms with Crippen molar-refractivity contribution < 1.29 is 23.0 Å². The highest BCUT2D eigenvalue weighted by Crippen LogP contribution is 2.40. The Labute approximate surface area is 146 Å². The maximum atomic E-state index is 14.0. The van der Waals surface area contributed by atoms with E-state index in [2.05, 4.69) is 0 Å². The first kappa shape index (κ1) is 17.7. The van der Waals surface area contributed by atoms with Crippen molar-refractivity contribution >= 4 is 11.7 Å². The minimum absolute atomic E-state index is 0.00641. The Balaban J connectivity index is 1.86. The average molecular weight is 351 g/mol. The van der Waals surface area contributed by atoms with Gasteiger partial charge in [-0.1, -0.05) is 6.08 Å². The molecule has 0 N–H and O–H groups in total. The second kappa shape index (κ2) is 6.32. The summed E-state index contributed by atoms with van der Waals surface area (Å²) in [6, 6.07) is 2.47. The molecule has 2 atom stereocenters. The molecule has 2 aliphatic rings. The number of rotatable bonds is 2. The lowest BCUT2D eigenvalue weighted by Crippen LogP contribution is -2.45. The van der Waals surface area contributed by atoms with E-state index < -0.39 is 17.2 Å². The van der Waals surface area contributed by atoms with Crippen molar-refractivity contribution in [1.29, 1.82) is 0 Å². The number of ether oxygens (including phenoxy) is 2. The van der Waals surface area contributed by atoms with Crippen LogP contribution < -0.4 is 4.74 Å². The minimum Gasteiger partial charge on any atom is -0.491 e. The van der Waals surface area contributed by atoms with Crippen LogP contribution in [-0.4, -0.2) is 35.8 Å². The van der Waals surface area contributed by atoms with Gasteiger partial charge in [-0.2, -0.15) is 0 Å². The minimum atomic E-state index is -0.722. The van der Waals surface area contributed by atoms with Crippen molar-refractivity contribution in [3.8, 4) is 5.75 Å². The highest BCUT2D eigenvalue weighted by Gasteiger charge is 2.41. The zero-order valence-electron chi connectivity index (χ0n) is 14.9. The highest BCUT2D eigenvalue weighted by atomic mass is 19.1. The van der Waals surface area contributed by atoms with E-state index in [1.807, 2.05) is 26.8 Å². The average Bonchev–Trinajstić information content (AvgIpc) is 2.76. The molecule has 1 aromatic rings. The van der Waals surface area contributed by atoms with Gasteiger partial charge in [-0.3, -0.25) is 4.90 Å². The van der Waals surface area contributed by atoms with Crippen molar-refractivity contribution in [1.82, 2.24) is 4.90 Å². The van der Waals surface area contributed by atoms with E-state index in [-0.39, 0.29) is 23.9 Å². The number of fused-ring (bicyclic) bond motifs is 2. The molecular weight excluding hydrogens is 328 g/mol. The normalized spacial score (nSPS) is 22.6. The third-order valence-corrected chi connectivity index (χ3v) is 4.57. The molecule has 1 saturated heterocycles. The van der Waals surface area contributed by atoms with Crippen LogP contribution in [0.2, 0.25) is 0 Å². The Kier molecular flexibility index (Phi) is 4.47. The van der Waals surface area contributed by atoms with Crippen LogP contribution in [0, 0.1) is 11.6 Å². The molecule has 2 aliphatic heterocycles. The van der Waals surface area contributed by atoms with E-state index in [4.69, 9.17) is 9.47 Å². The Hall–Kier alpha value is -2.11. The Morgan fingerprint density at radius 3 is 2.36 bits per heavy atom. The summed E-state index contributed by atoms with van der Waals surface area (Å²) >= 11 is 0. The Bertz CT molecular complexity index is 701. The van der Waals surface area contributed by atoms with Crippen LogP contribution in [0.25, 0.3) is 5.57 Å². The number of halogens is 2. The first-order chi connectivity index (χ1) is 11.7. The summed E-state index contributed by atoms with van der Waals surface area (Å²) in [6.07, 6.45) is 3.83. The second-order valence-corrected chi connectivity index (χ2v) is 7.56. The lowest BCUT2D eigenvalue weighted by Gasteiger charge is -2.35. The van der Waals surface area contributed by atoms with Gasteiger partial charge in [0.1, 0.15) is 5.60 Å². The molecular formula is C19H23F2NO3. The predicted octanol–water partition coefficient (Wildman–Crippen LogP) is 4.53. The van der Waals surface area contributed by atoms with Crippen LogP contribution >= 0.6 is 0 Å². The van der Waals surface area contributed by atoms with E-state index in [1.54, 1.807) is 4.90 Å². The molecule has 0 aliphatic carbocycles. The van der Waals surface area contributed by atoms with Gasteiger partial charge in [0.05, 0.1) is 13.2 Å². The van der Waals surface area contributed by atoms with Gasteiger partial charge in [0.2, 0.25) is 0 Å². The van der Waals surface area contributed by atoms with Gasteiger partial charge >= 0.3 is 6.09 Å². The topological polar surface area (TPSA) is 38.8 Å². The van der Waals surface area contributed by atoms with E-state index in [0.717, 1.165) is 18.4 Å². The highest BCUT2D eigenvalue weighted by molar-refractivity contribution is 5.75. The summed E-state index contributed by atoms with van der Waals surface area (Å²) in [5.41, 5.74) is 0.798. The lowest BCUT2D eigenvalue weighted by molar-refractivity contribution is 0.0175. The van der Waals surface area contributed by atoms with Gasteiger partial charge in [0, 0.05) is 6.04 Å². The molecule has 25 heavy (non-hydrogen) atoms. The van der Waals surface area contributed by atoms with Gasteiger partial charge in [-0.15, -0.1) is 0 Å². The number of benzene rings is 1. The fourth-order valence-corrected chi connectivity index (χ4v) is 3.58. The van der Waals surface area contributed by atoms with Gasteiger partial charge in [0.15, 0.2) is 17.4 Å². The van der Waals surface area contributed by atoms with Crippen LogP contribution in [0.3, 0.4) is 0 Å². The zero-order chi connectivity index (χ0) is 18.4. The first-order valence-electron chi connectivity index (χ1n) is 8.45. The number of methoxy groups -OCH3 is 1. The monoisotopic (exact) mass is 351 g/mol. The molecule has 1 aromatic carbocycles. The molecule has 0 radical (unpaired) electrons. The van der Waals surface area contributed by atoms with Crippen LogP contribution in [0.4, 0.5) is 13.6 Å². The smallest absolute Gasteiger partial charge is 0.411 e. The summed E-state index contributed by atoms with van der Waals surface area (Å²) < 4.78 is 38.2. The van der Waals surface area contributed by atoms with Crippen LogP contribution in [-0.2, 0) is 4.74 Å². The van der Waals surface area contributed by atoms with Crippen molar-refractivity contribution in [2.24, 2.45) is 0 Å². The number of nitrogens with zero attached hydrogens (tertiary/aromatic N) is 1. The van der Waals surface area contributed by atoms with Crippen molar-refractivity contribution in [3.63, 3.8) is 0 Å². The standard InChI is InChI=1S/C19H23F2NO3/c1-19(2,3)25-18(23)22-13-5-6-14(22)8-11(7-13)12-9-15(20)17(24-4)16(21)10-12/h7,9-10,13-14H,5-6,8H2,1-4H3. The SMILES string of the molecule is COc1c(F)cc(C2=CC3CCC(C2)N3C(=O)OC(C)(C)C)cc1F. The van der Waals surface area contributed by atoms with Crippen LogP contribution in [0.15, 0.2) is 18.2 Å². The number of hydrogen-bond donors (Lipinski definition) is 0. The molecule has 2 bridgehead atoms. The molecule has 6 heteroatoms. The molecule has 0 spiro atoms. The van der Waals surface area contributed by atoms with Gasteiger partial charge < -0.3 is 9.47 Å². The molecule has 4 nitrogen and oxygen atoms in total. The van der Waals surface area contributed by atoms with E-state index >= 15 is 0 Å². The molecule has 0 aromatic heterocycles. The van der Waals surface area contributed by atoms with Crippen LogP contribution in [0.1, 0.15) is 45.6 Å². The van der Waals surface area contributed by atoms with Crippen molar-refractivity contribution in [3.05, 3.63) is 35.4 Å². The molecule has 0 saturated carbocycles. The van der Waals surface area contributed by atoms with Gasteiger partial charge in [-0.25, -0.2) is 13.6 Å². The molecule has 1 amide bonds. The Morgan fingerprint density at radius 2 is 1.84 bits per heavy atom. The molecule has 2 heterocycles. The first-order valence-corrected chi connectivity index (χ1v) is 8.45. The van der Waals surface area contributed by atoms with E-state index in [0.29, 0.717) is 12.0 Å². The number of hydrogen-bond acceptors (Lipinski definition) is 3. The zero-order valence-corrected chi connectivity index (χ0v) is 14.9. The predicted molar refractivity (Wildman–Crippen MR) is 90.4 cm³/mol. The third-order valence-electron chi connectivity index (χ3n) is 4.57. The van der Waals surface area contributed by atoms with E-state index in [1.165, 1.54) is 19.2 Å². The summed E-state index contributed by atoms with van der Waals surface area (Å²) in [5.74, 6) is -1.82. The number of amides is 1. The quantitative estimate of drug-likeness (QED) is 0.786. The largest absolute Gasteiger partial charge is 0.491 e. The number of carbonyl (C=O) groups is 1. The van der Waals surface area contributed by atoms with Crippen molar-refractivity contribution in [2.75, 3.05) is 7.11 Å². The number of carbonyl (C=O) groups excluding carboxylic acids is 1. The summed E-state index contributed by atoms with van der Waals surface area (Å²) in [7, 11) is 1.24. The third kappa shape index (κ3) is 3.48. The van der Waals surface area contributed by atoms with Crippen molar-refractivity contribution in [2.45, 2.75) is 57.7 Å². The second-order valence-electron chi connectivity index (χ2n) is 7.56. The van der Waals surface area contributed by atoms with Gasteiger partial charge in [0.25, 0.3) is 0 Å². The maximum absolute atomic E-state index is 14.0. The van der Waals surface area contributed by atoms with Gasteiger partial charge in [-0.05, 0) is 63.3 Å². The summed E-state index contributed by atoms with van der Waals surface area (Å²) in [4.78, 5) is 14.2. The van der Waals surface area contributed by atoms with Crippen LogP contribution in [0.5, 0.6) is 5.75 Å². The van der Waals surface area contributed by atoms with E-state index in [9.17, 15) is 13.6 Å².